The van der Waals surface area contributed by atoms with E-state index >= 15 is 0 Å². The lowest BCUT2D eigenvalue weighted by molar-refractivity contribution is -0.00522. The molecule has 128 valence electrons. The Morgan fingerprint density at radius 3 is 2.00 bits per heavy atom. The Balaban J connectivity index is 1.50. The Labute approximate surface area is 151 Å². The molecule has 0 amide bonds. The van der Waals surface area contributed by atoms with Crippen LogP contribution >= 0.6 is 0 Å². The van der Waals surface area contributed by atoms with Gasteiger partial charge in [0.2, 0.25) is 0 Å². The molecule has 4 bridgehead atoms. The molecule has 5 aliphatic carbocycles. The Morgan fingerprint density at radius 1 is 0.720 bits per heavy atom. The van der Waals surface area contributed by atoms with E-state index in [-0.39, 0.29) is 5.41 Å². The normalized spacial score (nSPS) is 36.3. The largest absolute Gasteiger partial charge is 0.0619 e. The van der Waals surface area contributed by atoms with Gasteiger partial charge >= 0.3 is 0 Å². The molecule has 2 aromatic carbocycles. The van der Waals surface area contributed by atoms with Crippen molar-refractivity contribution in [3.05, 3.63) is 59.2 Å². The summed E-state index contributed by atoms with van der Waals surface area (Å²) in [7, 11) is 0. The van der Waals surface area contributed by atoms with Crippen LogP contribution in [0.5, 0.6) is 0 Å². The quantitative estimate of drug-likeness (QED) is 0.563. The van der Waals surface area contributed by atoms with Gasteiger partial charge in [-0.15, -0.1) is 0 Å². The van der Waals surface area contributed by atoms with Gasteiger partial charge in [0, 0.05) is 5.41 Å². The van der Waals surface area contributed by atoms with Crippen LogP contribution in [0.1, 0.15) is 69.1 Å². The number of hydrogen-bond donors (Lipinski definition) is 0. The van der Waals surface area contributed by atoms with Gasteiger partial charge in [-0.2, -0.15) is 0 Å². The summed E-state index contributed by atoms with van der Waals surface area (Å²) >= 11 is 0. The molecule has 5 aliphatic rings. The van der Waals surface area contributed by atoms with Crippen LogP contribution in [0, 0.1) is 17.8 Å². The molecule has 2 aromatic rings. The first kappa shape index (κ1) is 14.6. The minimum atomic E-state index is 0.143. The molecular weight excluding hydrogens is 300 g/mol. The first-order chi connectivity index (χ1) is 12.1. The van der Waals surface area contributed by atoms with Crippen molar-refractivity contribution in [1.29, 1.82) is 0 Å². The third-order valence-electron chi connectivity index (χ3n) is 8.23. The summed E-state index contributed by atoms with van der Waals surface area (Å²) < 4.78 is 0. The molecule has 0 radical (unpaired) electrons. The highest BCUT2D eigenvalue weighted by Crippen LogP contribution is 2.61. The molecule has 0 atom stereocenters. The van der Waals surface area contributed by atoms with Crippen molar-refractivity contribution in [2.45, 2.75) is 63.2 Å². The fourth-order valence-corrected chi connectivity index (χ4v) is 7.50. The summed E-state index contributed by atoms with van der Waals surface area (Å²) in [4.78, 5) is 0. The fraction of sp³-hybridized carbons (Fsp3) is 0.520. The topological polar surface area (TPSA) is 0 Å². The molecule has 0 unspecified atom stereocenters. The van der Waals surface area contributed by atoms with E-state index in [1.54, 1.807) is 11.1 Å². The highest BCUT2D eigenvalue weighted by atomic mass is 14.6. The maximum Gasteiger partial charge on any atom is 0.0158 e. The summed E-state index contributed by atoms with van der Waals surface area (Å²) in [5.74, 6) is 3.05. The second kappa shape index (κ2) is 4.58. The lowest BCUT2D eigenvalue weighted by Crippen LogP contribution is -2.48. The molecule has 0 spiro atoms. The van der Waals surface area contributed by atoms with Gasteiger partial charge in [-0.05, 0) is 89.5 Å². The molecule has 0 saturated heterocycles. The van der Waals surface area contributed by atoms with Crippen LogP contribution in [0.4, 0.5) is 0 Å². The van der Waals surface area contributed by atoms with Crippen LogP contribution in [0.25, 0.3) is 11.1 Å². The van der Waals surface area contributed by atoms with Crippen molar-refractivity contribution in [1.82, 2.24) is 0 Å². The van der Waals surface area contributed by atoms with Gasteiger partial charge < -0.3 is 0 Å². The fourth-order valence-electron chi connectivity index (χ4n) is 7.50. The van der Waals surface area contributed by atoms with Gasteiger partial charge in [-0.1, -0.05) is 56.3 Å². The zero-order valence-electron chi connectivity index (χ0n) is 15.5. The number of fused-ring (bicyclic) bond motifs is 3. The Bertz CT molecular complexity index is 834. The van der Waals surface area contributed by atoms with Crippen molar-refractivity contribution >= 4 is 0 Å². The monoisotopic (exact) mass is 328 g/mol. The van der Waals surface area contributed by atoms with Gasteiger partial charge in [0.15, 0.2) is 0 Å². The van der Waals surface area contributed by atoms with Gasteiger partial charge in [0.1, 0.15) is 0 Å². The summed E-state index contributed by atoms with van der Waals surface area (Å²) in [6, 6.07) is 16.6. The summed E-state index contributed by atoms with van der Waals surface area (Å²) in [6.45, 7) is 4.84. The molecule has 0 aliphatic heterocycles. The number of hydrogen-bond acceptors (Lipinski definition) is 0. The molecule has 25 heavy (non-hydrogen) atoms. The first-order valence-corrected chi connectivity index (χ1v) is 10.3. The Kier molecular flexibility index (Phi) is 2.68. The summed E-state index contributed by atoms with van der Waals surface area (Å²) in [6.07, 6.45) is 8.98. The van der Waals surface area contributed by atoms with Crippen molar-refractivity contribution in [2.75, 3.05) is 0 Å². The highest BCUT2D eigenvalue weighted by Gasteiger charge is 2.52. The predicted molar refractivity (Wildman–Crippen MR) is 104 cm³/mol. The average Bonchev–Trinajstić information content (AvgIpc) is 2.82. The van der Waals surface area contributed by atoms with Gasteiger partial charge in [0.25, 0.3) is 0 Å². The van der Waals surface area contributed by atoms with Gasteiger partial charge in [-0.3, -0.25) is 0 Å². The minimum Gasteiger partial charge on any atom is -0.0619 e. The minimum absolute atomic E-state index is 0.143. The highest BCUT2D eigenvalue weighted by molar-refractivity contribution is 5.81. The van der Waals surface area contributed by atoms with Gasteiger partial charge in [0.05, 0.1) is 0 Å². The maximum absolute atomic E-state index is 2.63. The third kappa shape index (κ3) is 1.84. The predicted octanol–water partition coefficient (Wildman–Crippen LogP) is 6.46. The average molecular weight is 328 g/mol. The SMILES string of the molecule is CC1(C)c2ccccc2-c2ccc(C34CC5CC(CC(C5)C3)C4)cc21. The first-order valence-electron chi connectivity index (χ1n) is 10.3. The molecule has 0 heterocycles. The molecule has 4 fully saturated rings. The summed E-state index contributed by atoms with van der Waals surface area (Å²) in [5, 5.41) is 0. The van der Waals surface area contributed by atoms with Crippen LogP contribution < -0.4 is 0 Å². The van der Waals surface area contributed by atoms with E-state index in [1.807, 2.05) is 0 Å². The van der Waals surface area contributed by atoms with Crippen molar-refractivity contribution < 1.29 is 0 Å². The second-order valence-electron chi connectivity index (χ2n) is 10.1. The van der Waals surface area contributed by atoms with E-state index in [9.17, 15) is 0 Å². The maximum atomic E-state index is 2.63. The van der Waals surface area contributed by atoms with Crippen LogP contribution in [0.15, 0.2) is 42.5 Å². The molecular formula is C25H28. The van der Waals surface area contributed by atoms with Crippen molar-refractivity contribution in [3.8, 4) is 11.1 Å². The van der Waals surface area contributed by atoms with Gasteiger partial charge in [-0.25, -0.2) is 0 Å². The number of rotatable bonds is 1. The van der Waals surface area contributed by atoms with Crippen LogP contribution in [-0.4, -0.2) is 0 Å². The smallest absolute Gasteiger partial charge is 0.0158 e. The molecule has 4 saturated carbocycles. The molecule has 0 N–H and O–H groups in total. The molecule has 0 nitrogen and oxygen atoms in total. The Morgan fingerprint density at radius 2 is 1.32 bits per heavy atom. The van der Waals surface area contributed by atoms with E-state index in [0.717, 1.165) is 17.8 Å². The van der Waals surface area contributed by atoms with E-state index in [0.29, 0.717) is 5.41 Å². The molecule has 0 aromatic heterocycles. The molecule has 7 rings (SSSR count). The lowest BCUT2D eigenvalue weighted by atomic mass is 9.48. The van der Waals surface area contributed by atoms with E-state index in [4.69, 9.17) is 0 Å². The van der Waals surface area contributed by atoms with Crippen molar-refractivity contribution in [2.24, 2.45) is 17.8 Å². The molecule has 0 heteroatoms. The van der Waals surface area contributed by atoms with Crippen LogP contribution in [-0.2, 0) is 10.8 Å². The van der Waals surface area contributed by atoms with E-state index < -0.39 is 0 Å². The number of benzene rings is 2. The Hall–Kier alpha value is -1.56. The standard InChI is InChI=1S/C25H28/c1-24(2)22-6-4-3-5-20(22)21-8-7-19(12-23(21)24)25-13-16-9-17(14-25)11-18(10-16)15-25/h3-8,12,16-18H,9-11,13-15H2,1-2H3. The second-order valence-corrected chi connectivity index (χ2v) is 10.1. The summed E-state index contributed by atoms with van der Waals surface area (Å²) in [5.41, 5.74) is 8.34. The zero-order valence-corrected chi connectivity index (χ0v) is 15.5. The van der Waals surface area contributed by atoms with Crippen molar-refractivity contribution in [3.63, 3.8) is 0 Å². The zero-order chi connectivity index (χ0) is 16.8. The van der Waals surface area contributed by atoms with E-state index in [1.165, 1.54) is 55.2 Å². The lowest BCUT2D eigenvalue weighted by Gasteiger charge is -2.57. The van der Waals surface area contributed by atoms with Crippen LogP contribution in [0.3, 0.4) is 0 Å². The third-order valence-corrected chi connectivity index (χ3v) is 8.23. The van der Waals surface area contributed by atoms with E-state index in [2.05, 4.69) is 56.3 Å². The van der Waals surface area contributed by atoms with Crippen LogP contribution in [0.2, 0.25) is 0 Å².